The van der Waals surface area contributed by atoms with Crippen LogP contribution >= 0.6 is 0 Å². The average Bonchev–Trinajstić information content (AvgIpc) is 2.72. The summed E-state index contributed by atoms with van der Waals surface area (Å²) in [5.74, 6) is -0.386. The summed E-state index contributed by atoms with van der Waals surface area (Å²) >= 11 is 0. The maximum atomic E-state index is 13.0. The van der Waals surface area contributed by atoms with Crippen LogP contribution in [0.5, 0.6) is 11.5 Å². The van der Waals surface area contributed by atoms with Gasteiger partial charge in [0, 0.05) is 5.56 Å². The molecule has 2 aromatic rings. The molecule has 2 rings (SSSR count). The summed E-state index contributed by atoms with van der Waals surface area (Å²) in [4.78, 5) is 24.9. The summed E-state index contributed by atoms with van der Waals surface area (Å²) in [5.41, 5.74) is 3.41. The van der Waals surface area contributed by atoms with Crippen LogP contribution in [0.1, 0.15) is 36.7 Å². The van der Waals surface area contributed by atoms with Gasteiger partial charge >= 0.3 is 0 Å². The normalized spacial score (nSPS) is 11.9. The molecule has 2 N–H and O–H groups in total. The van der Waals surface area contributed by atoms with Gasteiger partial charge in [0.2, 0.25) is 0 Å². The number of benzene rings is 2. The topological polar surface area (TPSA) is 89.0 Å². The third kappa shape index (κ3) is 6.30. The van der Waals surface area contributed by atoms with Gasteiger partial charge in [0.1, 0.15) is 11.9 Å². The van der Waals surface area contributed by atoms with Gasteiger partial charge in [-0.15, -0.1) is 0 Å². The Kier molecular flexibility index (Phi) is 8.34. The predicted molar refractivity (Wildman–Crippen MR) is 112 cm³/mol. The van der Waals surface area contributed by atoms with Crippen molar-refractivity contribution in [2.24, 2.45) is 11.0 Å². The molecule has 0 saturated heterocycles. The van der Waals surface area contributed by atoms with E-state index in [0.29, 0.717) is 23.7 Å². The number of rotatable bonds is 9. The number of carbonyl (C=O) groups is 2. The Morgan fingerprint density at radius 2 is 1.83 bits per heavy atom. The third-order valence-electron chi connectivity index (χ3n) is 4.22. The van der Waals surface area contributed by atoms with Crippen LogP contribution < -0.4 is 20.2 Å². The zero-order chi connectivity index (χ0) is 22.1. The van der Waals surface area contributed by atoms with E-state index < -0.39 is 23.7 Å². The lowest BCUT2D eigenvalue weighted by atomic mass is 10.0. The summed E-state index contributed by atoms with van der Waals surface area (Å²) in [6.07, 6.45) is 1.47. The van der Waals surface area contributed by atoms with Crippen molar-refractivity contribution in [2.75, 3.05) is 13.7 Å². The monoisotopic (exact) mass is 415 g/mol. The van der Waals surface area contributed by atoms with Crippen LogP contribution in [-0.4, -0.2) is 37.8 Å². The van der Waals surface area contributed by atoms with Gasteiger partial charge in [-0.2, -0.15) is 5.10 Å². The van der Waals surface area contributed by atoms with Gasteiger partial charge in [-0.05, 0) is 60.9 Å². The van der Waals surface area contributed by atoms with Gasteiger partial charge in [-0.25, -0.2) is 9.82 Å². The smallest absolute Gasteiger partial charge is 0.262 e. The highest BCUT2D eigenvalue weighted by molar-refractivity contribution is 5.97. The first-order valence-corrected chi connectivity index (χ1v) is 9.55. The van der Waals surface area contributed by atoms with Gasteiger partial charge in [0.05, 0.1) is 19.9 Å². The van der Waals surface area contributed by atoms with E-state index in [2.05, 4.69) is 15.8 Å². The molecule has 1 unspecified atom stereocenters. The Bertz CT molecular complexity index is 898. The van der Waals surface area contributed by atoms with Crippen molar-refractivity contribution in [2.45, 2.75) is 26.8 Å². The van der Waals surface area contributed by atoms with Gasteiger partial charge in [0.25, 0.3) is 11.8 Å². The Labute approximate surface area is 175 Å². The molecule has 0 bridgehead atoms. The highest BCUT2D eigenvalue weighted by Crippen LogP contribution is 2.27. The molecular weight excluding hydrogens is 389 g/mol. The lowest BCUT2D eigenvalue weighted by molar-refractivity contribution is -0.123. The number of hydrazone groups is 1. The van der Waals surface area contributed by atoms with E-state index in [1.54, 1.807) is 39.2 Å². The van der Waals surface area contributed by atoms with Crippen molar-refractivity contribution in [3.05, 3.63) is 59.4 Å². The standard InChI is InChI=1S/C22H26FN3O4/c1-5-30-19-12-15(6-11-18(19)29-4)13-24-26-22(28)20(14(2)3)25-21(27)16-7-9-17(23)10-8-16/h6-14,20H,5H2,1-4H3,(H,25,27)(H,26,28). The molecule has 0 spiro atoms. The maximum Gasteiger partial charge on any atom is 0.262 e. The van der Waals surface area contributed by atoms with E-state index in [4.69, 9.17) is 9.47 Å². The largest absolute Gasteiger partial charge is 0.493 e. The lowest BCUT2D eigenvalue weighted by Gasteiger charge is -2.20. The Morgan fingerprint density at radius 3 is 2.43 bits per heavy atom. The van der Waals surface area contributed by atoms with Crippen molar-refractivity contribution in [1.82, 2.24) is 10.7 Å². The molecular formula is C22H26FN3O4. The van der Waals surface area contributed by atoms with Crippen molar-refractivity contribution >= 4 is 18.0 Å². The molecule has 0 fully saturated rings. The molecule has 0 aromatic heterocycles. The zero-order valence-corrected chi connectivity index (χ0v) is 17.4. The molecule has 160 valence electrons. The highest BCUT2D eigenvalue weighted by Gasteiger charge is 2.24. The third-order valence-corrected chi connectivity index (χ3v) is 4.22. The van der Waals surface area contributed by atoms with Crippen LogP contribution in [0, 0.1) is 11.7 Å². The summed E-state index contributed by atoms with van der Waals surface area (Å²) in [7, 11) is 1.55. The number of nitrogens with zero attached hydrogens (tertiary/aromatic N) is 1. The minimum atomic E-state index is -0.811. The van der Waals surface area contributed by atoms with Crippen LogP contribution in [0.15, 0.2) is 47.6 Å². The number of amides is 2. The molecule has 0 radical (unpaired) electrons. The van der Waals surface area contributed by atoms with Crippen molar-refractivity contribution < 1.29 is 23.5 Å². The number of hydrogen-bond acceptors (Lipinski definition) is 5. The van der Waals surface area contributed by atoms with E-state index in [9.17, 15) is 14.0 Å². The number of hydrogen-bond donors (Lipinski definition) is 2. The van der Waals surface area contributed by atoms with Crippen LogP contribution in [0.25, 0.3) is 0 Å². The average molecular weight is 415 g/mol. The fourth-order valence-corrected chi connectivity index (χ4v) is 2.64. The summed E-state index contributed by atoms with van der Waals surface area (Å²) in [5, 5.41) is 6.63. The Balaban J connectivity index is 2.03. The highest BCUT2D eigenvalue weighted by atomic mass is 19.1. The Morgan fingerprint density at radius 1 is 1.13 bits per heavy atom. The van der Waals surface area contributed by atoms with E-state index >= 15 is 0 Å². The molecule has 0 aliphatic carbocycles. The number of nitrogens with one attached hydrogen (secondary N) is 2. The first-order valence-electron chi connectivity index (χ1n) is 9.55. The van der Waals surface area contributed by atoms with Crippen molar-refractivity contribution in [3.63, 3.8) is 0 Å². The van der Waals surface area contributed by atoms with E-state index in [0.717, 1.165) is 0 Å². The van der Waals surface area contributed by atoms with Gasteiger partial charge in [-0.3, -0.25) is 9.59 Å². The first kappa shape index (κ1) is 22.9. The second kappa shape index (κ2) is 10.9. The van der Waals surface area contributed by atoms with Crippen LogP contribution in [0.4, 0.5) is 4.39 Å². The van der Waals surface area contributed by atoms with Crippen LogP contribution in [0.2, 0.25) is 0 Å². The molecule has 8 heteroatoms. The predicted octanol–water partition coefficient (Wildman–Crippen LogP) is 3.14. The second-order valence-corrected chi connectivity index (χ2v) is 6.78. The Hall–Kier alpha value is -3.42. The maximum absolute atomic E-state index is 13.0. The van der Waals surface area contributed by atoms with Crippen molar-refractivity contribution in [3.8, 4) is 11.5 Å². The van der Waals surface area contributed by atoms with Crippen molar-refractivity contribution in [1.29, 1.82) is 0 Å². The fourth-order valence-electron chi connectivity index (χ4n) is 2.64. The number of ether oxygens (including phenoxy) is 2. The van der Waals surface area contributed by atoms with E-state index in [1.807, 2.05) is 6.92 Å². The number of methoxy groups -OCH3 is 1. The second-order valence-electron chi connectivity index (χ2n) is 6.78. The molecule has 30 heavy (non-hydrogen) atoms. The minimum Gasteiger partial charge on any atom is -0.493 e. The SMILES string of the molecule is CCOc1cc(C=NNC(=O)C(NC(=O)c2ccc(F)cc2)C(C)C)ccc1OC. The van der Waals surface area contributed by atoms with Gasteiger partial charge < -0.3 is 14.8 Å². The molecule has 0 aliphatic heterocycles. The summed E-state index contributed by atoms with van der Waals surface area (Å²) < 4.78 is 23.8. The van der Waals surface area contributed by atoms with E-state index in [-0.39, 0.29) is 11.5 Å². The number of halogens is 1. The molecule has 0 heterocycles. The van der Waals surface area contributed by atoms with E-state index in [1.165, 1.54) is 30.5 Å². The molecule has 0 aliphatic rings. The van der Waals surface area contributed by atoms with Crippen LogP contribution in [-0.2, 0) is 4.79 Å². The van der Waals surface area contributed by atoms with Gasteiger partial charge in [-0.1, -0.05) is 13.8 Å². The first-order chi connectivity index (χ1) is 14.3. The fraction of sp³-hybridized carbons (Fsp3) is 0.318. The van der Waals surface area contributed by atoms with Gasteiger partial charge in [0.15, 0.2) is 11.5 Å². The molecule has 1 atom stereocenters. The molecule has 2 amide bonds. The molecule has 7 nitrogen and oxygen atoms in total. The zero-order valence-electron chi connectivity index (χ0n) is 17.4. The number of carbonyl (C=O) groups excluding carboxylic acids is 2. The molecule has 2 aromatic carbocycles. The summed E-state index contributed by atoms with van der Waals surface area (Å²) in [6, 6.07) is 9.55. The lowest BCUT2D eigenvalue weighted by Crippen LogP contribution is -2.48. The quantitative estimate of drug-likeness (QED) is 0.486. The summed E-state index contributed by atoms with van der Waals surface area (Å²) in [6.45, 7) is 5.96. The van der Waals surface area contributed by atoms with Crippen LogP contribution in [0.3, 0.4) is 0 Å². The minimum absolute atomic E-state index is 0.185. The molecule has 0 saturated carbocycles.